The zero-order valence-corrected chi connectivity index (χ0v) is 15.3. The summed E-state index contributed by atoms with van der Waals surface area (Å²) in [6, 6.07) is 12.3. The molecule has 3 rings (SSSR count). The van der Waals surface area contributed by atoms with Crippen LogP contribution in [0.3, 0.4) is 0 Å². The van der Waals surface area contributed by atoms with Crippen LogP contribution in [0.1, 0.15) is 17.3 Å². The molecule has 132 valence electrons. The van der Waals surface area contributed by atoms with Gasteiger partial charge in [0, 0.05) is 11.3 Å². The SMILES string of the molecule is CC(=O)c1cccc(Nc2ncnc(Nc3cccc(Cl)c3Cl)c2N)c1. The Morgan fingerprint density at radius 2 is 1.73 bits per heavy atom. The second-order valence-electron chi connectivity index (χ2n) is 5.47. The second-order valence-corrected chi connectivity index (χ2v) is 6.26. The van der Waals surface area contributed by atoms with Crippen LogP contribution in [-0.4, -0.2) is 15.8 Å². The number of hydrogen-bond donors (Lipinski definition) is 3. The van der Waals surface area contributed by atoms with Crippen LogP contribution in [0.15, 0.2) is 48.8 Å². The van der Waals surface area contributed by atoms with E-state index >= 15 is 0 Å². The smallest absolute Gasteiger partial charge is 0.159 e. The first-order valence-electron chi connectivity index (χ1n) is 7.65. The minimum atomic E-state index is -0.0257. The molecule has 0 aliphatic heterocycles. The van der Waals surface area contributed by atoms with Gasteiger partial charge < -0.3 is 16.4 Å². The van der Waals surface area contributed by atoms with Gasteiger partial charge in [-0.05, 0) is 31.2 Å². The molecule has 26 heavy (non-hydrogen) atoms. The fourth-order valence-electron chi connectivity index (χ4n) is 2.28. The first-order valence-corrected chi connectivity index (χ1v) is 8.41. The molecule has 0 fully saturated rings. The summed E-state index contributed by atoms with van der Waals surface area (Å²) in [5, 5.41) is 6.93. The Morgan fingerprint density at radius 1 is 1.04 bits per heavy atom. The molecule has 0 aliphatic carbocycles. The summed E-state index contributed by atoms with van der Waals surface area (Å²) >= 11 is 12.2. The number of carbonyl (C=O) groups is 1. The Morgan fingerprint density at radius 3 is 2.46 bits per heavy atom. The van der Waals surface area contributed by atoms with Gasteiger partial charge in [0.05, 0.1) is 15.7 Å². The van der Waals surface area contributed by atoms with Crippen molar-refractivity contribution in [2.75, 3.05) is 16.4 Å². The van der Waals surface area contributed by atoms with Gasteiger partial charge in [-0.15, -0.1) is 0 Å². The number of hydrogen-bond acceptors (Lipinski definition) is 6. The lowest BCUT2D eigenvalue weighted by Crippen LogP contribution is -2.05. The molecule has 0 saturated carbocycles. The van der Waals surface area contributed by atoms with Crippen molar-refractivity contribution in [1.82, 2.24) is 9.97 Å². The van der Waals surface area contributed by atoms with Gasteiger partial charge in [0.25, 0.3) is 0 Å². The normalized spacial score (nSPS) is 10.4. The van der Waals surface area contributed by atoms with E-state index < -0.39 is 0 Å². The number of nitrogens with one attached hydrogen (secondary N) is 2. The van der Waals surface area contributed by atoms with E-state index in [9.17, 15) is 4.79 Å². The minimum absolute atomic E-state index is 0.0257. The number of aromatic nitrogens is 2. The molecule has 0 spiro atoms. The molecule has 0 aliphatic rings. The van der Waals surface area contributed by atoms with Crippen molar-refractivity contribution in [1.29, 1.82) is 0 Å². The molecular formula is C18H15Cl2N5O. The Labute approximate surface area is 160 Å². The highest BCUT2D eigenvalue weighted by Gasteiger charge is 2.12. The summed E-state index contributed by atoms with van der Waals surface area (Å²) in [6.45, 7) is 1.51. The van der Waals surface area contributed by atoms with E-state index in [2.05, 4.69) is 20.6 Å². The molecule has 1 heterocycles. The van der Waals surface area contributed by atoms with Crippen molar-refractivity contribution in [2.45, 2.75) is 6.92 Å². The van der Waals surface area contributed by atoms with Crippen molar-refractivity contribution in [3.05, 3.63) is 64.4 Å². The standard InChI is InChI=1S/C18H15Cl2N5O/c1-10(26)11-4-2-5-12(8-11)24-17-16(21)18(23-9-22-17)25-14-7-3-6-13(19)15(14)20/h2-9H,21H2,1H3,(H2,22,23,24,25). The topological polar surface area (TPSA) is 92.9 Å². The number of nitrogens with two attached hydrogens (primary N) is 1. The fourth-order valence-corrected chi connectivity index (χ4v) is 2.62. The molecule has 0 unspecified atom stereocenters. The summed E-state index contributed by atoms with van der Waals surface area (Å²) in [6.07, 6.45) is 1.37. The largest absolute Gasteiger partial charge is 0.393 e. The summed E-state index contributed by atoms with van der Waals surface area (Å²) < 4.78 is 0. The van der Waals surface area contributed by atoms with Crippen LogP contribution in [0, 0.1) is 0 Å². The van der Waals surface area contributed by atoms with Gasteiger partial charge in [-0.2, -0.15) is 0 Å². The van der Waals surface area contributed by atoms with Crippen LogP contribution in [0.5, 0.6) is 0 Å². The molecule has 0 bridgehead atoms. The van der Waals surface area contributed by atoms with Gasteiger partial charge in [-0.1, -0.05) is 41.4 Å². The molecule has 2 aromatic carbocycles. The minimum Gasteiger partial charge on any atom is -0.393 e. The average molecular weight is 388 g/mol. The molecule has 6 nitrogen and oxygen atoms in total. The Balaban J connectivity index is 1.89. The molecule has 0 amide bonds. The van der Waals surface area contributed by atoms with Gasteiger partial charge in [-0.25, -0.2) is 9.97 Å². The summed E-state index contributed by atoms with van der Waals surface area (Å²) in [5.74, 6) is 0.762. The van der Waals surface area contributed by atoms with Crippen LogP contribution in [0.25, 0.3) is 0 Å². The van der Waals surface area contributed by atoms with Crippen LogP contribution in [-0.2, 0) is 0 Å². The zero-order valence-electron chi connectivity index (χ0n) is 13.8. The summed E-state index contributed by atoms with van der Waals surface area (Å²) in [4.78, 5) is 19.8. The quantitative estimate of drug-likeness (QED) is 0.530. The van der Waals surface area contributed by atoms with Gasteiger partial charge >= 0.3 is 0 Å². The van der Waals surface area contributed by atoms with E-state index in [1.807, 2.05) is 6.07 Å². The number of halogens is 2. The first-order chi connectivity index (χ1) is 12.5. The zero-order chi connectivity index (χ0) is 18.7. The van der Waals surface area contributed by atoms with Crippen LogP contribution in [0.2, 0.25) is 10.0 Å². The van der Waals surface area contributed by atoms with Crippen molar-refractivity contribution < 1.29 is 4.79 Å². The van der Waals surface area contributed by atoms with E-state index in [1.165, 1.54) is 13.3 Å². The maximum atomic E-state index is 11.5. The summed E-state index contributed by atoms with van der Waals surface area (Å²) in [5.41, 5.74) is 8.33. The van der Waals surface area contributed by atoms with Crippen molar-refractivity contribution in [3.8, 4) is 0 Å². The lowest BCUT2D eigenvalue weighted by Gasteiger charge is -2.14. The average Bonchev–Trinajstić information content (AvgIpc) is 2.62. The van der Waals surface area contributed by atoms with Crippen molar-refractivity contribution >= 4 is 57.7 Å². The molecule has 0 saturated heterocycles. The number of Topliss-reactive ketones (excluding diaryl/α,β-unsaturated/α-hetero) is 1. The van der Waals surface area contributed by atoms with Crippen LogP contribution in [0.4, 0.5) is 28.7 Å². The predicted octanol–water partition coefficient (Wildman–Crippen LogP) is 5.06. The highest BCUT2D eigenvalue weighted by molar-refractivity contribution is 6.43. The lowest BCUT2D eigenvalue weighted by atomic mass is 10.1. The van der Waals surface area contributed by atoms with E-state index in [4.69, 9.17) is 28.9 Å². The second kappa shape index (κ2) is 7.59. The maximum absolute atomic E-state index is 11.5. The molecular weight excluding hydrogens is 373 g/mol. The van der Waals surface area contributed by atoms with Crippen molar-refractivity contribution in [2.24, 2.45) is 0 Å². The number of rotatable bonds is 5. The lowest BCUT2D eigenvalue weighted by molar-refractivity contribution is 0.101. The molecule has 1 aromatic heterocycles. The number of anilines is 5. The van der Waals surface area contributed by atoms with Crippen molar-refractivity contribution in [3.63, 3.8) is 0 Å². The van der Waals surface area contributed by atoms with Gasteiger partial charge in [0.15, 0.2) is 17.4 Å². The van der Waals surface area contributed by atoms with E-state index in [0.717, 1.165) is 0 Å². The number of nitrogen functional groups attached to an aromatic ring is 1. The highest BCUT2D eigenvalue weighted by Crippen LogP contribution is 2.34. The molecule has 0 atom stereocenters. The third-order valence-electron chi connectivity index (χ3n) is 3.62. The third kappa shape index (κ3) is 3.87. The molecule has 0 radical (unpaired) electrons. The van der Waals surface area contributed by atoms with Gasteiger partial charge in [0.2, 0.25) is 0 Å². The molecule has 3 aromatic rings. The maximum Gasteiger partial charge on any atom is 0.159 e. The number of carbonyl (C=O) groups excluding carboxylic acids is 1. The van der Waals surface area contributed by atoms with E-state index in [-0.39, 0.29) is 5.78 Å². The Bertz CT molecular complexity index is 978. The van der Waals surface area contributed by atoms with E-state index in [0.29, 0.717) is 44.3 Å². The van der Waals surface area contributed by atoms with Gasteiger partial charge in [-0.3, -0.25) is 4.79 Å². The highest BCUT2D eigenvalue weighted by atomic mass is 35.5. The number of benzene rings is 2. The predicted molar refractivity (Wildman–Crippen MR) is 106 cm³/mol. The number of nitrogens with zero attached hydrogens (tertiary/aromatic N) is 2. The van der Waals surface area contributed by atoms with Gasteiger partial charge in [0.1, 0.15) is 12.0 Å². The monoisotopic (exact) mass is 387 g/mol. The molecule has 4 N–H and O–H groups in total. The van der Waals surface area contributed by atoms with Crippen LogP contribution < -0.4 is 16.4 Å². The fraction of sp³-hybridized carbons (Fsp3) is 0.0556. The van der Waals surface area contributed by atoms with Crippen LogP contribution >= 0.6 is 23.2 Å². The number of ketones is 1. The third-order valence-corrected chi connectivity index (χ3v) is 4.44. The Hall–Kier alpha value is -2.83. The Kier molecular flexibility index (Phi) is 5.25. The summed E-state index contributed by atoms with van der Waals surface area (Å²) in [7, 11) is 0. The van der Waals surface area contributed by atoms with E-state index in [1.54, 1.807) is 36.4 Å². The first kappa shape index (κ1) is 18.0. The molecule has 8 heteroatoms.